The van der Waals surface area contributed by atoms with Crippen molar-refractivity contribution in [1.29, 1.82) is 5.41 Å². The molecule has 0 amide bonds. The van der Waals surface area contributed by atoms with E-state index >= 15 is 0 Å². The molecule has 0 spiro atoms. The summed E-state index contributed by atoms with van der Waals surface area (Å²) in [5.41, 5.74) is 6.10. The van der Waals surface area contributed by atoms with Gasteiger partial charge in [-0.05, 0) is 12.5 Å². The van der Waals surface area contributed by atoms with E-state index in [1.165, 1.54) is 32.1 Å². The van der Waals surface area contributed by atoms with E-state index in [9.17, 15) is 0 Å². The Kier molecular flexibility index (Phi) is 6.84. The molecule has 4 heteroatoms. The molecule has 0 aliphatic rings. The quantitative estimate of drug-likeness (QED) is 0.401. The van der Waals surface area contributed by atoms with Gasteiger partial charge in [-0.2, -0.15) is 0 Å². The highest BCUT2D eigenvalue weighted by Gasteiger charge is 2.05. The number of pyridine rings is 1. The first-order valence-corrected chi connectivity index (χ1v) is 6.67. The molecule has 0 aliphatic heterocycles. The van der Waals surface area contributed by atoms with Crippen LogP contribution in [0.15, 0.2) is 18.5 Å². The molecule has 0 saturated carbocycles. The molecular weight excluding hydrogens is 226 g/mol. The van der Waals surface area contributed by atoms with Crippen LogP contribution in [0.4, 0.5) is 0 Å². The lowest BCUT2D eigenvalue weighted by Crippen LogP contribution is -2.13. The van der Waals surface area contributed by atoms with Crippen molar-refractivity contribution in [3.8, 4) is 5.75 Å². The van der Waals surface area contributed by atoms with Crippen LogP contribution < -0.4 is 10.5 Å². The molecule has 1 heterocycles. The Morgan fingerprint density at radius 1 is 1.28 bits per heavy atom. The summed E-state index contributed by atoms with van der Waals surface area (Å²) in [6.07, 6.45) is 10.6. The molecule has 0 saturated heterocycles. The van der Waals surface area contributed by atoms with Crippen molar-refractivity contribution in [2.45, 2.75) is 45.4 Å². The van der Waals surface area contributed by atoms with Crippen LogP contribution in [0.5, 0.6) is 5.75 Å². The summed E-state index contributed by atoms with van der Waals surface area (Å²) in [6.45, 7) is 2.88. The molecule has 1 aromatic rings. The molecule has 0 aromatic carbocycles. The molecule has 100 valence electrons. The highest BCUT2D eigenvalue weighted by atomic mass is 16.5. The summed E-state index contributed by atoms with van der Waals surface area (Å²) in [6, 6.07) is 1.71. The lowest BCUT2D eigenvalue weighted by molar-refractivity contribution is 0.302. The Hall–Kier alpha value is -1.58. The Balaban J connectivity index is 2.25. The zero-order valence-electron chi connectivity index (χ0n) is 11.1. The summed E-state index contributed by atoms with van der Waals surface area (Å²) in [5, 5.41) is 7.44. The number of unbranched alkanes of at least 4 members (excludes halogenated alkanes) is 5. The van der Waals surface area contributed by atoms with Crippen LogP contribution in [-0.2, 0) is 0 Å². The molecule has 0 atom stereocenters. The van der Waals surface area contributed by atoms with Gasteiger partial charge in [-0.3, -0.25) is 10.4 Å². The lowest BCUT2D eigenvalue weighted by atomic mass is 10.1. The summed E-state index contributed by atoms with van der Waals surface area (Å²) >= 11 is 0. The predicted octanol–water partition coefficient (Wildman–Crippen LogP) is 3.10. The number of hydrogen-bond donors (Lipinski definition) is 2. The van der Waals surface area contributed by atoms with E-state index in [0.29, 0.717) is 17.9 Å². The SMILES string of the molecule is CCCCCCCCOc1cnccc1C(=N)N. The van der Waals surface area contributed by atoms with Crippen molar-refractivity contribution in [2.24, 2.45) is 5.73 Å². The molecule has 0 bridgehead atoms. The minimum Gasteiger partial charge on any atom is -0.491 e. The number of nitrogens with zero attached hydrogens (tertiary/aromatic N) is 1. The predicted molar refractivity (Wildman–Crippen MR) is 74.1 cm³/mol. The fourth-order valence-corrected chi connectivity index (χ4v) is 1.78. The van der Waals surface area contributed by atoms with Gasteiger partial charge in [0.2, 0.25) is 0 Å². The standard InChI is InChI=1S/C14H23N3O/c1-2-3-4-5-6-7-10-18-13-11-17-9-8-12(13)14(15)16/h8-9,11H,2-7,10H2,1H3,(H3,15,16). The summed E-state index contributed by atoms with van der Waals surface area (Å²) < 4.78 is 5.62. The molecule has 1 rings (SSSR count). The molecule has 18 heavy (non-hydrogen) atoms. The summed E-state index contributed by atoms with van der Waals surface area (Å²) in [4.78, 5) is 3.99. The molecule has 0 radical (unpaired) electrons. The van der Waals surface area contributed by atoms with Crippen LogP contribution in [0.3, 0.4) is 0 Å². The van der Waals surface area contributed by atoms with Crippen molar-refractivity contribution in [1.82, 2.24) is 4.98 Å². The highest BCUT2D eigenvalue weighted by molar-refractivity contribution is 5.97. The maximum absolute atomic E-state index is 7.44. The van der Waals surface area contributed by atoms with E-state index in [2.05, 4.69) is 11.9 Å². The number of hydrogen-bond acceptors (Lipinski definition) is 3. The van der Waals surface area contributed by atoms with Crippen molar-refractivity contribution in [2.75, 3.05) is 6.61 Å². The highest BCUT2D eigenvalue weighted by Crippen LogP contribution is 2.16. The van der Waals surface area contributed by atoms with Gasteiger partial charge in [0.25, 0.3) is 0 Å². The second-order valence-electron chi connectivity index (χ2n) is 4.40. The van der Waals surface area contributed by atoms with E-state index in [1.54, 1.807) is 18.5 Å². The largest absolute Gasteiger partial charge is 0.491 e. The van der Waals surface area contributed by atoms with Crippen LogP contribution in [0.25, 0.3) is 0 Å². The number of nitrogens with two attached hydrogens (primary N) is 1. The third kappa shape index (κ3) is 5.17. The number of aromatic nitrogens is 1. The average molecular weight is 249 g/mol. The van der Waals surface area contributed by atoms with Crippen LogP contribution in [0.2, 0.25) is 0 Å². The molecule has 3 N–H and O–H groups in total. The summed E-state index contributed by atoms with van der Waals surface area (Å²) in [5.74, 6) is 0.633. The van der Waals surface area contributed by atoms with Gasteiger partial charge in [0.1, 0.15) is 11.6 Å². The average Bonchev–Trinajstić information content (AvgIpc) is 2.38. The smallest absolute Gasteiger partial charge is 0.148 e. The Bertz CT molecular complexity index is 366. The normalized spacial score (nSPS) is 10.3. The van der Waals surface area contributed by atoms with Gasteiger partial charge in [0.15, 0.2) is 0 Å². The molecule has 1 aromatic heterocycles. The zero-order valence-corrected chi connectivity index (χ0v) is 11.1. The van der Waals surface area contributed by atoms with E-state index in [4.69, 9.17) is 15.9 Å². The van der Waals surface area contributed by atoms with Crippen molar-refractivity contribution in [3.05, 3.63) is 24.0 Å². The van der Waals surface area contributed by atoms with Crippen LogP contribution >= 0.6 is 0 Å². The van der Waals surface area contributed by atoms with Crippen molar-refractivity contribution in [3.63, 3.8) is 0 Å². The van der Waals surface area contributed by atoms with Gasteiger partial charge in [-0.15, -0.1) is 0 Å². The van der Waals surface area contributed by atoms with Crippen LogP contribution in [-0.4, -0.2) is 17.4 Å². The third-order valence-corrected chi connectivity index (χ3v) is 2.83. The van der Waals surface area contributed by atoms with E-state index in [1.807, 2.05) is 0 Å². The van der Waals surface area contributed by atoms with Crippen LogP contribution in [0, 0.1) is 5.41 Å². The van der Waals surface area contributed by atoms with E-state index in [-0.39, 0.29) is 5.84 Å². The van der Waals surface area contributed by atoms with E-state index < -0.39 is 0 Å². The number of amidine groups is 1. The van der Waals surface area contributed by atoms with Gasteiger partial charge in [-0.1, -0.05) is 39.0 Å². The lowest BCUT2D eigenvalue weighted by Gasteiger charge is -2.09. The fraction of sp³-hybridized carbons (Fsp3) is 0.571. The topological polar surface area (TPSA) is 72.0 Å². The molecule has 0 unspecified atom stereocenters. The monoisotopic (exact) mass is 249 g/mol. The Morgan fingerprint density at radius 2 is 2.00 bits per heavy atom. The maximum atomic E-state index is 7.44. The van der Waals surface area contributed by atoms with Gasteiger partial charge in [-0.25, -0.2) is 0 Å². The number of nitrogen functional groups attached to an aromatic ring is 1. The number of ether oxygens (including phenoxy) is 1. The van der Waals surface area contributed by atoms with Crippen LogP contribution in [0.1, 0.15) is 51.0 Å². The van der Waals surface area contributed by atoms with Crippen molar-refractivity contribution < 1.29 is 4.74 Å². The first-order valence-electron chi connectivity index (χ1n) is 6.67. The molecule has 4 nitrogen and oxygen atoms in total. The van der Waals surface area contributed by atoms with Gasteiger partial charge in [0, 0.05) is 6.20 Å². The number of rotatable bonds is 9. The van der Waals surface area contributed by atoms with Gasteiger partial charge >= 0.3 is 0 Å². The maximum Gasteiger partial charge on any atom is 0.148 e. The molecule has 0 aliphatic carbocycles. The fourth-order valence-electron chi connectivity index (χ4n) is 1.78. The Morgan fingerprint density at radius 3 is 2.72 bits per heavy atom. The first kappa shape index (κ1) is 14.5. The molecule has 0 fully saturated rings. The van der Waals surface area contributed by atoms with Gasteiger partial charge < -0.3 is 10.5 Å². The van der Waals surface area contributed by atoms with E-state index in [0.717, 1.165) is 6.42 Å². The zero-order chi connectivity index (χ0) is 13.2. The van der Waals surface area contributed by atoms with Gasteiger partial charge in [0.05, 0.1) is 18.4 Å². The minimum absolute atomic E-state index is 0.0235. The molecular formula is C14H23N3O. The number of nitrogens with one attached hydrogen (secondary N) is 1. The third-order valence-electron chi connectivity index (χ3n) is 2.83. The second-order valence-corrected chi connectivity index (χ2v) is 4.40. The Labute approximate surface area is 109 Å². The minimum atomic E-state index is 0.0235. The van der Waals surface area contributed by atoms with Crippen molar-refractivity contribution >= 4 is 5.84 Å². The first-order chi connectivity index (χ1) is 8.75. The second kappa shape index (κ2) is 8.50. The summed E-state index contributed by atoms with van der Waals surface area (Å²) in [7, 11) is 0.